The summed E-state index contributed by atoms with van der Waals surface area (Å²) in [4.78, 5) is 10.4. The van der Waals surface area contributed by atoms with Gasteiger partial charge in [0.2, 0.25) is 0 Å². The van der Waals surface area contributed by atoms with Crippen LogP contribution in [0.4, 0.5) is 0 Å². The molecule has 0 heterocycles. The van der Waals surface area contributed by atoms with Gasteiger partial charge in [-0.1, -0.05) is 174 Å². The third-order valence-corrected chi connectivity index (χ3v) is 6.98. The van der Waals surface area contributed by atoms with Crippen LogP contribution in [0, 0.1) is 0 Å². The summed E-state index contributed by atoms with van der Waals surface area (Å²) in [5.74, 6) is -0.829. The summed E-state index contributed by atoms with van der Waals surface area (Å²) in [5.41, 5.74) is 0. The van der Waals surface area contributed by atoms with Gasteiger partial charge in [-0.3, -0.25) is 0 Å². The van der Waals surface area contributed by atoms with E-state index < -0.39 is 5.97 Å². The fourth-order valence-corrected chi connectivity index (χ4v) is 4.76. The van der Waals surface area contributed by atoms with Gasteiger partial charge in [-0.25, -0.2) is 4.79 Å². The van der Waals surface area contributed by atoms with E-state index >= 15 is 0 Å². The van der Waals surface area contributed by atoms with Crippen molar-refractivity contribution in [2.75, 3.05) is 0 Å². The first-order valence-electron chi connectivity index (χ1n) is 15.2. The molecule has 2 heteroatoms. The summed E-state index contributed by atoms with van der Waals surface area (Å²) in [6.45, 7) is 2.30. The summed E-state index contributed by atoms with van der Waals surface area (Å²) in [6, 6.07) is 0. The first-order chi connectivity index (χ1) is 16.3. The largest absolute Gasteiger partial charge is 0.478 e. The lowest BCUT2D eigenvalue weighted by Gasteiger charge is -2.04. The summed E-state index contributed by atoms with van der Waals surface area (Å²) in [6.07, 6.45) is 40.8. The molecule has 0 aliphatic heterocycles. The number of carboxylic acid groups (broad SMARTS) is 1. The summed E-state index contributed by atoms with van der Waals surface area (Å²) < 4.78 is 0. The van der Waals surface area contributed by atoms with Gasteiger partial charge in [0.05, 0.1) is 0 Å². The van der Waals surface area contributed by atoms with E-state index in [1.165, 1.54) is 167 Å². The van der Waals surface area contributed by atoms with Crippen molar-refractivity contribution in [1.29, 1.82) is 0 Å². The van der Waals surface area contributed by atoms with Gasteiger partial charge in [0, 0.05) is 6.08 Å². The number of hydrogen-bond donors (Lipinski definition) is 1. The highest BCUT2D eigenvalue weighted by molar-refractivity contribution is 5.79. The average Bonchev–Trinajstić information content (AvgIpc) is 2.80. The third-order valence-electron chi connectivity index (χ3n) is 6.98. The third kappa shape index (κ3) is 31.2. The molecule has 0 spiro atoms. The van der Waals surface area contributed by atoms with E-state index in [0.717, 1.165) is 12.8 Å². The van der Waals surface area contributed by atoms with E-state index in [1.54, 1.807) is 6.08 Å². The van der Waals surface area contributed by atoms with E-state index in [2.05, 4.69) is 6.92 Å². The highest BCUT2D eigenvalue weighted by atomic mass is 16.4. The number of rotatable bonds is 28. The van der Waals surface area contributed by atoms with Crippen LogP contribution in [-0.2, 0) is 4.79 Å². The maximum absolute atomic E-state index is 10.4. The lowest BCUT2D eigenvalue weighted by molar-refractivity contribution is -0.131. The molecule has 0 aromatic rings. The zero-order chi connectivity index (χ0) is 24.1. The molecule has 0 amide bonds. The molecule has 0 aliphatic rings. The molecule has 0 aromatic heterocycles. The van der Waals surface area contributed by atoms with Crippen LogP contribution in [0.25, 0.3) is 0 Å². The van der Waals surface area contributed by atoms with Gasteiger partial charge in [0.25, 0.3) is 0 Å². The minimum absolute atomic E-state index is 0.829. The topological polar surface area (TPSA) is 37.3 Å². The van der Waals surface area contributed by atoms with Crippen LogP contribution in [0.1, 0.15) is 180 Å². The maximum atomic E-state index is 10.4. The maximum Gasteiger partial charge on any atom is 0.327 e. The van der Waals surface area contributed by atoms with E-state index in [0.29, 0.717) is 0 Å². The van der Waals surface area contributed by atoms with Crippen molar-refractivity contribution >= 4 is 5.97 Å². The molecule has 0 saturated carbocycles. The first kappa shape index (κ1) is 32.2. The molecular formula is C31H60O2. The zero-order valence-corrected chi connectivity index (χ0v) is 22.6. The lowest BCUT2D eigenvalue weighted by atomic mass is 10.0. The molecule has 0 rings (SSSR count). The second-order valence-corrected chi connectivity index (χ2v) is 10.4. The lowest BCUT2D eigenvalue weighted by Crippen LogP contribution is -1.86. The van der Waals surface area contributed by atoms with E-state index in [9.17, 15) is 4.79 Å². The molecule has 0 fully saturated rings. The molecule has 0 aliphatic carbocycles. The molecular weight excluding hydrogens is 404 g/mol. The van der Waals surface area contributed by atoms with Gasteiger partial charge in [-0.15, -0.1) is 0 Å². The second-order valence-electron chi connectivity index (χ2n) is 10.4. The monoisotopic (exact) mass is 464 g/mol. The van der Waals surface area contributed by atoms with Crippen molar-refractivity contribution in [2.24, 2.45) is 0 Å². The summed E-state index contributed by atoms with van der Waals surface area (Å²) in [7, 11) is 0. The Morgan fingerprint density at radius 2 is 0.697 bits per heavy atom. The van der Waals surface area contributed by atoms with Crippen LogP contribution in [0.15, 0.2) is 12.2 Å². The van der Waals surface area contributed by atoms with E-state index in [-0.39, 0.29) is 0 Å². The van der Waals surface area contributed by atoms with Crippen molar-refractivity contribution < 1.29 is 9.90 Å². The van der Waals surface area contributed by atoms with E-state index in [4.69, 9.17) is 5.11 Å². The molecule has 196 valence electrons. The predicted molar refractivity (Wildman–Crippen MR) is 147 cm³/mol. The van der Waals surface area contributed by atoms with Crippen molar-refractivity contribution in [3.8, 4) is 0 Å². The predicted octanol–water partition coefficient (Wildman–Crippen LogP) is 11.2. The van der Waals surface area contributed by atoms with Crippen molar-refractivity contribution in [1.82, 2.24) is 0 Å². The molecule has 2 nitrogen and oxygen atoms in total. The Hall–Kier alpha value is -0.790. The number of aliphatic carboxylic acids is 1. The minimum atomic E-state index is -0.829. The molecule has 0 radical (unpaired) electrons. The fourth-order valence-electron chi connectivity index (χ4n) is 4.76. The van der Waals surface area contributed by atoms with Gasteiger partial charge in [0.15, 0.2) is 0 Å². The van der Waals surface area contributed by atoms with Gasteiger partial charge in [-0.05, 0) is 12.8 Å². The Bertz CT molecular complexity index is 402. The Labute approximate surface area is 208 Å². The molecule has 33 heavy (non-hydrogen) atoms. The van der Waals surface area contributed by atoms with Crippen LogP contribution in [0.5, 0.6) is 0 Å². The number of hydrogen-bond acceptors (Lipinski definition) is 1. The minimum Gasteiger partial charge on any atom is -0.478 e. The number of carboxylic acids is 1. The van der Waals surface area contributed by atoms with Crippen LogP contribution in [0.3, 0.4) is 0 Å². The van der Waals surface area contributed by atoms with Crippen LogP contribution >= 0.6 is 0 Å². The van der Waals surface area contributed by atoms with Crippen LogP contribution in [-0.4, -0.2) is 11.1 Å². The van der Waals surface area contributed by atoms with Crippen molar-refractivity contribution in [2.45, 2.75) is 180 Å². The molecule has 0 saturated heterocycles. The molecule has 1 N–H and O–H groups in total. The highest BCUT2D eigenvalue weighted by Crippen LogP contribution is 2.16. The molecule has 0 aromatic carbocycles. The first-order valence-corrected chi connectivity index (χ1v) is 15.2. The second kappa shape index (κ2) is 29.2. The Balaban J connectivity index is 3.03. The van der Waals surface area contributed by atoms with Crippen molar-refractivity contribution in [3.05, 3.63) is 12.2 Å². The SMILES string of the molecule is CCCCCCCCCCCCCCCCCCCCCCCCCCCCC=CC(=O)O. The smallest absolute Gasteiger partial charge is 0.327 e. The summed E-state index contributed by atoms with van der Waals surface area (Å²) >= 11 is 0. The molecule has 0 unspecified atom stereocenters. The molecule has 0 bridgehead atoms. The van der Waals surface area contributed by atoms with Gasteiger partial charge < -0.3 is 5.11 Å². The van der Waals surface area contributed by atoms with Crippen molar-refractivity contribution in [3.63, 3.8) is 0 Å². The Morgan fingerprint density at radius 1 is 0.455 bits per heavy atom. The van der Waals surface area contributed by atoms with Crippen LogP contribution < -0.4 is 0 Å². The van der Waals surface area contributed by atoms with Gasteiger partial charge >= 0.3 is 5.97 Å². The average molecular weight is 465 g/mol. The normalized spacial score (nSPS) is 11.5. The van der Waals surface area contributed by atoms with Gasteiger partial charge in [-0.2, -0.15) is 0 Å². The molecule has 0 atom stereocenters. The standard InChI is InChI=1S/C31H60O2/c1-2-3-4-5-6-7-8-9-10-11-12-13-14-15-16-17-18-19-20-21-22-23-24-25-26-27-28-29-30-31(32)33/h29-30H,2-28H2,1H3,(H,32,33). The van der Waals surface area contributed by atoms with E-state index in [1.807, 2.05) is 0 Å². The summed E-state index contributed by atoms with van der Waals surface area (Å²) in [5, 5.41) is 8.52. The Morgan fingerprint density at radius 3 is 0.939 bits per heavy atom. The number of unbranched alkanes of at least 4 members (excludes halogenated alkanes) is 26. The number of allylic oxidation sites excluding steroid dienone is 1. The fraction of sp³-hybridized carbons (Fsp3) is 0.903. The van der Waals surface area contributed by atoms with Gasteiger partial charge in [0.1, 0.15) is 0 Å². The Kier molecular flexibility index (Phi) is 28.5. The van der Waals surface area contributed by atoms with Crippen LogP contribution in [0.2, 0.25) is 0 Å². The number of carbonyl (C=O) groups is 1. The highest BCUT2D eigenvalue weighted by Gasteiger charge is 1.96. The quantitative estimate of drug-likeness (QED) is 0.0923. The zero-order valence-electron chi connectivity index (χ0n) is 22.6.